The van der Waals surface area contributed by atoms with Crippen molar-refractivity contribution in [1.82, 2.24) is 10.2 Å². The molecule has 2 heterocycles. The van der Waals surface area contributed by atoms with E-state index >= 15 is 0 Å². The largest absolute Gasteiger partial charge is 0.454 e. The minimum Gasteiger partial charge on any atom is -0.454 e. The average molecular weight is 397 g/mol. The second kappa shape index (κ2) is 6.63. The highest BCUT2D eigenvalue weighted by atomic mass is 35.5. The van der Waals surface area contributed by atoms with E-state index in [0.717, 1.165) is 24.0 Å². The Morgan fingerprint density at radius 3 is 2.64 bits per heavy atom. The van der Waals surface area contributed by atoms with E-state index in [0.29, 0.717) is 34.7 Å². The minimum atomic E-state index is -0.488. The number of carbonyl (C=O) groups excluding carboxylic acids is 1. The van der Waals surface area contributed by atoms with Gasteiger partial charge in [0.25, 0.3) is 0 Å². The molecule has 1 aliphatic heterocycles. The maximum Gasteiger partial charge on any atom is 0.231 e. The Morgan fingerprint density at radius 2 is 1.82 bits per heavy atom. The van der Waals surface area contributed by atoms with Crippen LogP contribution in [0.3, 0.4) is 0 Å². The monoisotopic (exact) mass is 396 g/mol. The van der Waals surface area contributed by atoms with E-state index in [-0.39, 0.29) is 19.0 Å². The third-order valence-corrected chi connectivity index (χ3v) is 5.70. The first-order valence-electron chi connectivity index (χ1n) is 9.12. The first-order chi connectivity index (χ1) is 13.6. The summed E-state index contributed by atoms with van der Waals surface area (Å²) in [6.07, 6.45) is 2.18. The molecule has 2 aliphatic rings. The van der Waals surface area contributed by atoms with Gasteiger partial charge in [-0.1, -0.05) is 35.9 Å². The summed E-state index contributed by atoms with van der Waals surface area (Å²) in [7, 11) is 0. The lowest BCUT2D eigenvalue weighted by Gasteiger charge is -2.14. The second-order valence-corrected chi connectivity index (χ2v) is 7.52. The first kappa shape index (κ1) is 17.3. The highest BCUT2D eigenvalue weighted by Crippen LogP contribution is 2.51. The van der Waals surface area contributed by atoms with Gasteiger partial charge in [-0.3, -0.25) is 4.79 Å². The number of Topliss-reactive ketones (excluding diaryl/α,β-unsaturated/α-hetero) is 1. The fraction of sp³-hybridized carbons (Fsp3) is 0.286. The Morgan fingerprint density at radius 1 is 1.04 bits per heavy atom. The summed E-state index contributed by atoms with van der Waals surface area (Å²) < 4.78 is 16.5. The van der Waals surface area contributed by atoms with Crippen LogP contribution in [0, 0.1) is 0 Å². The zero-order valence-corrected chi connectivity index (χ0v) is 15.7. The van der Waals surface area contributed by atoms with Crippen LogP contribution < -0.4 is 9.47 Å². The number of nitrogens with zero attached hydrogens (tertiary/aromatic N) is 2. The predicted octanol–water partition coefficient (Wildman–Crippen LogP) is 3.89. The van der Waals surface area contributed by atoms with E-state index in [1.807, 2.05) is 42.5 Å². The molecule has 0 unspecified atom stereocenters. The number of hydrogen-bond acceptors (Lipinski definition) is 6. The van der Waals surface area contributed by atoms with Crippen LogP contribution in [0.5, 0.6) is 11.5 Å². The average Bonchev–Trinajstić information content (AvgIpc) is 3.18. The van der Waals surface area contributed by atoms with Crippen LogP contribution in [0.1, 0.15) is 35.7 Å². The Kier molecular flexibility index (Phi) is 4.09. The Balaban J connectivity index is 1.31. The molecule has 1 aromatic heterocycles. The molecule has 142 valence electrons. The number of rotatable bonds is 6. The molecule has 0 saturated heterocycles. The Labute approximate surface area is 166 Å². The van der Waals surface area contributed by atoms with Crippen molar-refractivity contribution in [1.29, 1.82) is 0 Å². The molecule has 3 aromatic rings. The van der Waals surface area contributed by atoms with Crippen LogP contribution in [0.25, 0.3) is 0 Å². The van der Waals surface area contributed by atoms with Gasteiger partial charge >= 0.3 is 0 Å². The number of carbonyl (C=O) groups is 1. The molecule has 2 aromatic carbocycles. The van der Waals surface area contributed by atoms with Gasteiger partial charge in [0.2, 0.25) is 18.6 Å². The number of fused-ring (bicyclic) bond motifs is 1. The summed E-state index contributed by atoms with van der Waals surface area (Å²) in [5, 5.41) is 8.76. The topological polar surface area (TPSA) is 74.5 Å². The molecule has 6 nitrogen and oxygen atoms in total. The number of aromatic nitrogens is 2. The summed E-state index contributed by atoms with van der Waals surface area (Å²) >= 11 is 6.18. The Hall–Kier alpha value is -2.86. The summed E-state index contributed by atoms with van der Waals surface area (Å²) in [6, 6.07) is 13.2. The number of benzene rings is 2. The molecule has 0 radical (unpaired) electrons. The number of halogens is 1. The fourth-order valence-corrected chi connectivity index (χ4v) is 3.79. The van der Waals surface area contributed by atoms with Crippen LogP contribution in [-0.2, 0) is 23.1 Å². The van der Waals surface area contributed by atoms with Gasteiger partial charge in [-0.2, -0.15) is 0 Å². The molecule has 0 spiro atoms. The van der Waals surface area contributed by atoms with Gasteiger partial charge in [-0.25, -0.2) is 0 Å². The van der Waals surface area contributed by atoms with E-state index in [1.54, 1.807) is 0 Å². The van der Waals surface area contributed by atoms with Crippen LogP contribution in [0.2, 0.25) is 5.02 Å². The summed E-state index contributed by atoms with van der Waals surface area (Å²) in [4.78, 5) is 13.0. The standard InChI is InChI=1S/C21H17ClN2O4/c22-15-4-2-1-3-13(15)9-19-23-24-20(28-19)11-18(25)21(7-8-21)14-5-6-16-17(10-14)27-12-26-16/h1-6,10H,7-9,11-12H2. The molecule has 28 heavy (non-hydrogen) atoms. The van der Waals surface area contributed by atoms with E-state index in [1.165, 1.54) is 0 Å². The van der Waals surface area contributed by atoms with Crippen LogP contribution in [-0.4, -0.2) is 22.8 Å². The Bertz CT molecular complexity index is 1060. The van der Waals surface area contributed by atoms with Crippen molar-refractivity contribution < 1.29 is 18.7 Å². The molecule has 0 atom stereocenters. The van der Waals surface area contributed by atoms with Crippen molar-refractivity contribution in [2.24, 2.45) is 0 Å². The van der Waals surface area contributed by atoms with Gasteiger partial charge < -0.3 is 13.9 Å². The summed E-state index contributed by atoms with van der Waals surface area (Å²) in [6.45, 7) is 0.218. The normalized spacial score (nSPS) is 16.2. The number of ether oxygens (including phenoxy) is 2. The van der Waals surface area contributed by atoms with Crippen molar-refractivity contribution >= 4 is 17.4 Å². The lowest BCUT2D eigenvalue weighted by atomic mass is 9.89. The van der Waals surface area contributed by atoms with Gasteiger partial charge in [0.05, 0.1) is 18.3 Å². The van der Waals surface area contributed by atoms with Crippen molar-refractivity contribution in [2.45, 2.75) is 31.1 Å². The zero-order chi connectivity index (χ0) is 19.1. The van der Waals surface area contributed by atoms with Crippen molar-refractivity contribution in [3.05, 3.63) is 70.4 Å². The highest BCUT2D eigenvalue weighted by molar-refractivity contribution is 6.31. The molecule has 1 saturated carbocycles. The van der Waals surface area contributed by atoms with E-state index < -0.39 is 5.41 Å². The van der Waals surface area contributed by atoms with Gasteiger partial charge in [-0.05, 0) is 42.2 Å². The van der Waals surface area contributed by atoms with Gasteiger partial charge in [0.1, 0.15) is 0 Å². The second-order valence-electron chi connectivity index (χ2n) is 7.11. The molecule has 1 fully saturated rings. The predicted molar refractivity (Wildman–Crippen MR) is 101 cm³/mol. The van der Waals surface area contributed by atoms with Crippen LogP contribution in [0.4, 0.5) is 0 Å². The number of ketones is 1. The smallest absolute Gasteiger partial charge is 0.231 e. The lowest BCUT2D eigenvalue weighted by Crippen LogP contribution is -2.22. The zero-order valence-electron chi connectivity index (χ0n) is 15.0. The van der Waals surface area contributed by atoms with Crippen molar-refractivity contribution in [2.75, 3.05) is 6.79 Å². The molecule has 0 bridgehead atoms. The van der Waals surface area contributed by atoms with Gasteiger partial charge in [0, 0.05) is 5.02 Å². The van der Waals surface area contributed by atoms with Crippen LogP contribution in [0.15, 0.2) is 46.9 Å². The molecule has 5 rings (SSSR count). The SMILES string of the molecule is O=C(Cc1nnc(Cc2ccccc2Cl)o1)C1(c2ccc3c(c2)OCO3)CC1. The van der Waals surface area contributed by atoms with Crippen LogP contribution >= 0.6 is 11.6 Å². The van der Waals surface area contributed by atoms with Gasteiger partial charge in [0.15, 0.2) is 17.3 Å². The molecule has 0 N–H and O–H groups in total. The molecule has 7 heteroatoms. The van der Waals surface area contributed by atoms with E-state index in [9.17, 15) is 4.79 Å². The maximum absolute atomic E-state index is 13.0. The van der Waals surface area contributed by atoms with Gasteiger partial charge in [-0.15, -0.1) is 10.2 Å². The maximum atomic E-state index is 13.0. The summed E-state index contributed by atoms with van der Waals surface area (Å²) in [5.41, 5.74) is 1.38. The molecular weight excluding hydrogens is 380 g/mol. The quantitative estimate of drug-likeness (QED) is 0.629. The lowest BCUT2D eigenvalue weighted by molar-refractivity contribution is -0.121. The first-order valence-corrected chi connectivity index (χ1v) is 9.50. The van der Waals surface area contributed by atoms with E-state index in [2.05, 4.69) is 10.2 Å². The van der Waals surface area contributed by atoms with Crippen molar-refractivity contribution in [3.63, 3.8) is 0 Å². The summed E-state index contributed by atoms with van der Waals surface area (Å²) in [5.74, 6) is 2.27. The number of hydrogen-bond donors (Lipinski definition) is 0. The third-order valence-electron chi connectivity index (χ3n) is 5.33. The molecular formula is C21H17ClN2O4. The fourth-order valence-electron chi connectivity index (χ4n) is 3.59. The highest BCUT2D eigenvalue weighted by Gasteiger charge is 2.51. The van der Waals surface area contributed by atoms with Crippen molar-refractivity contribution in [3.8, 4) is 11.5 Å². The molecule has 1 aliphatic carbocycles. The van der Waals surface area contributed by atoms with E-state index in [4.69, 9.17) is 25.5 Å². The minimum absolute atomic E-state index is 0.0827. The third kappa shape index (κ3) is 3.03. The molecule has 0 amide bonds.